The third-order valence-corrected chi connectivity index (χ3v) is 11.7. The fourth-order valence-electron chi connectivity index (χ4n) is 3.72. The Morgan fingerprint density at radius 2 is 1.58 bits per heavy atom. The predicted molar refractivity (Wildman–Crippen MR) is 111 cm³/mol. The van der Waals surface area contributed by atoms with E-state index in [4.69, 9.17) is 0 Å². The van der Waals surface area contributed by atoms with Crippen molar-refractivity contribution in [2.45, 2.75) is 72.0 Å². The maximum atomic E-state index is 12.3. The minimum Gasteiger partial charge on any atom is -0.274 e. The van der Waals surface area contributed by atoms with Gasteiger partial charge in [0.25, 0.3) is 0 Å². The molecule has 0 fully saturated rings. The molecule has 2 nitrogen and oxygen atoms in total. The first-order chi connectivity index (χ1) is 11.0. The number of benzene rings is 1. The van der Waals surface area contributed by atoms with Gasteiger partial charge in [-0.15, -0.1) is 5.54 Å². The Morgan fingerprint density at radius 3 is 2.00 bits per heavy atom. The first-order valence-electron chi connectivity index (χ1n) is 8.63. The van der Waals surface area contributed by atoms with Gasteiger partial charge in [0.2, 0.25) is 5.91 Å². The molecule has 0 aliphatic heterocycles. The zero-order valence-electron chi connectivity index (χ0n) is 16.2. The Morgan fingerprint density at radius 1 is 1.08 bits per heavy atom. The van der Waals surface area contributed by atoms with Gasteiger partial charge in [0.1, 0.15) is 8.07 Å². The van der Waals surface area contributed by atoms with Gasteiger partial charge in [-0.1, -0.05) is 63.5 Å². The SMILES string of the molecule is CC(=O)N(C#C[Si](C(C)C)(C(C)C)C(C)C)c1cc(Br)ccc1C. The molecule has 0 aliphatic carbocycles. The summed E-state index contributed by atoms with van der Waals surface area (Å²) in [6.45, 7) is 17.3. The van der Waals surface area contributed by atoms with Crippen LogP contribution in [0.25, 0.3) is 0 Å². The Bertz CT molecular complexity index is 634. The van der Waals surface area contributed by atoms with Gasteiger partial charge < -0.3 is 0 Å². The van der Waals surface area contributed by atoms with Crippen molar-refractivity contribution >= 4 is 35.6 Å². The molecule has 0 bridgehead atoms. The van der Waals surface area contributed by atoms with Crippen LogP contribution in [-0.2, 0) is 4.79 Å². The molecule has 0 spiro atoms. The van der Waals surface area contributed by atoms with Gasteiger partial charge in [-0.25, -0.2) is 4.90 Å². The van der Waals surface area contributed by atoms with Crippen LogP contribution >= 0.6 is 15.9 Å². The van der Waals surface area contributed by atoms with Crippen molar-refractivity contribution in [3.63, 3.8) is 0 Å². The van der Waals surface area contributed by atoms with Gasteiger partial charge in [0.15, 0.2) is 0 Å². The summed E-state index contributed by atoms with van der Waals surface area (Å²) in [7, 11) is -1.87. The Kier molecular flexibility index (Phi) is 7.31. The van der Waals surface area contributed by atoms with Crippen molar-refractivity contribution in [2.75, 3.05) is 4.90 Å². The summed E-state index contributed by atoms with van der Waals surface area (Å²) in [5.74, 6) is -0.0390. The summed E-state index contributed by atoms with van der Waals surface area (Å²) < 4.78 is 0.955. The fraction of sp³-hybridized carbons (Fsp3) is 0.550. The van der Waals surface area contributed by atoms with E-state index in [2.05, 4.69) is 69.1 Å². The molecule has 0 saturated heterocycles. The molecule has 1 rings (SSSR count). The number of amides is 1. The predicted octanol–water partition coefficient (Wildman–Crippen LogP) is 6.29. The molecule has 1 aromatic rings. The first-order valence-corrected chi connectivity index (χ1v) is 11.7. The zero-order chi connectivity index (χ0) is 18.7. The summed E-state index contributed by atoms with van der Waals surface area (Å²) in [6.07, 6.45) is 0. The molecular weight excluding hydrogens is 378 g/mol. The lowest BCUT2D eigenvalue weighted by Gasteiger charge is -2.38. The highest BCUT2D eigenvalue weighted by atomic mass is 79.9. The van der Waals surface area contributed by atoms with Gasteiger partial charge >= 0.3 is 0 Å². The quantitative estimate of drug-likeness (QED) is 0.326. The number of rotatable bonds is 4. The standard InChI is InChI=1S/C20H30BrNOSi/c1-14(2)24(15(3)4,16(5)6)12-11-22(18(8)23)20-13-19(21)10-9-17(20)7/h9-10,13-16H,1-8H3. The van der Waals surface area contributed by atoms with E-state index in [1.165, 1.54) is 0 Å². The molecule has 4 heteroatoms. The molecule has 0 N–H and O–H groups in total. The van der Waals surface area contributed by atoms with Crippen LogP contribution in [0.1, 0.15) is 54.0 Å². The maximum Gasteiger partial charge on any atom is 0.235 e. The highest BCUT2D eigenvalue weighted by Crippen LogP contribution is 2.40. The van der Waals surface area contributed by atoms with Crippen LogP contribution in [0.15, 0.2) is 22.7 Å². The summed E-state index contributed by atoms with van der Waals surface area (Å²) in [5, 5.41) is 0. The van der Waals surface area contributed by atoms with Gasteiger partial charge in [0.05, 0.1) is 5.69 Å². The van der Waals surface area contributed by atoms with Crippen molar-refractivity contribution < 1.29 is 4.79 Å². The summed E-state index contributed by atoms with van der Waals surface area (Å²) in [4.78, 5) is 13.9. The van der Waals surface area contributed by atoms with Gasteiger partial charge in [-0.2, -0.15) is 0 Å². The highest BCUT2D eigenvalue weighted by Gasteiger charge is 2.42. The molecule has 132 valence electrons. The van der Waals surface area contributed by atoms with Crippen molar-refractivity contribution in [3.05, 3.63) is 28.2 Å². The fourth-order valence-corrected chi connectivity index (χ4v) is 9.24. The molecule has 0 aliphatic rings. The molecule has 0 saturated carbocycles. The van der Waals surface area contributed by atoms with Crippen molar-refractivity contribution in [1.29, 1.82) is 0 Å². The van der Waals surface area contributed by atoms with Crippen LogP contribution in [-0.4, -0.2) is 14.0 Å². The lowest BCUT2D eigenvalue weighted by Crippen LogP contribution is -2.44. The minimum atomic E-state index is -1.87. The number of hydrogen-bond donors (Lipinski definition) is 0. The number of halogens is 1. The molecule has 24 heavy (non-hydrogen) atoms. The topological polar surface area (TPSA) is 20.3 Å². The summed E-state index contributed by atoms with van der Waals surface area (Å²) >= 11 is 3.50. The van der Waals surface area contributed by atoms with Gasteiger partial charge in [-0.05, 0) is 41.2 Å². The average molecular weight is 408 g/mol. The van der Waals surface area contributed by atoms with Crippen molar-refractivity contribution in [1.82, 2.24) is 0 Å². The molecule has 1 amide bonds. The Hall–Kier alpha value is -1.05. The number of carbonyl (C=O) groups is 1. The second-order valence-corrected chi connectivity index (χ2v) is 13.9. The maximum absolute atomic E-state index is 12.3. The monoisotopic (exact) mass is 407 g/mol. The largest absolute Gasteiger partial charge is 0.274 e. The molecule has 1 aromatic carbocycles. The summed E-state index contributed by atoms with van der Waals surface area (Å²) in [5.41, 5.74) is 7.18. The van der Waals surface area contributed by atoms with Crippen molar-refractivity contribution in [3.8, 4) is 11.6 Å². The third-order valence-electron chi connectivity index (χ3n) is 4.98. The van der Waals surface area contributed by atoms with Crippen LogP contribution in [0, 0.1) is 18.5 Å². The van der Waals surface area contributed by atoms with E-state index < -0.39 is 8.07 Å². The Labute approximate surface area is 157 Å². The molecule has 0 aromatic heterocycles. The van der Waals surface area contributed by atoms with E-state index in [0.717, 1.165) is 15.7 Å². The number of aryl methyl sites for hydroxylation is 1. The van der Waals surface area contributed by atoms with Crippen LogP contribution < -0.4 is 4.90 Å². The second kappa shape index (κ2) is 8.36. The molecule has 0 heterocycles. The van der Waals surface area contributed by atoms with E-state index in [0.29, 0.717) is 16.6 Å². The lowest BCUT2D eigenvalue weighted by molar-refractivity contribution is -0.115. The zero-order valence-corrected chi connectivity index (χ0v) is 18.8. The van der Waals surface area contributed by atoms with Crippen LogP contribution in [0.5, 0.6) is 0 Å². The molecule has 0 radical (unpaired) electrons. The number of carbonyl (C=O) groups excluding carboxylic acids is 1. The molecule has 0 unspecified atom stereocenters. The minimum absolute atomic E-state index is 0.0390. The van der Waals surface area contributed by atoms with E-state index in [1.54, 1.807) is 11.8 Å². The van der Waals surface area contributed by atoms with Crippen molar-refractivity contribution in [2.24, 2.45) is 0 Å². The Balaban J connectivity index is 3.48. The third kappa shape index (κ3) is 4.32. The smallest absolute Gasteiger partial charge is 0.235 e. The molecular formula is C20H30BrNOSi. The van der Waals surface area contributed by atoms with E-state index in [-0.39, 0.29) is 5.91 Å². The van der Waals surface area contributed by atoms with E-state index in [9.17, 15) is 4.79 Å². The first kappa shape index (κ1) is 21.0. The highest BCUT2D eigenvalue weighted by molar-refractivity contribution is 9.10. The number of anilines is 1. The van der Waals surface area contributed by atoms with E-state index in [1.807, 2.05) is 25.1 Å². The average Bonchev–Trinajstić information content (AvgIpc) is 2.45. The van der Waals surface area contributed by atoms with E-state index >= 15 is 0 Å². The van der Waals surface area contributed by atoms with Crippen LogP contribution in [0.4, 0.5) is 5.69 Å². The van der Waals surface area contributed by atoms with Gasteiger partial charge in [0, 0.05) is 17.4 Å². The van der Waals surface area contributed by atoms with Gasteiger partial charge in [-0.3, -0.25) is 4.79 Å². The number of hydrogen-bond acceptors (Lipinski definition) is 1. The number of nitrogens with zero attached hydrogens (tertiary/aromatic N) is 1. The molecule has 0 atom stereocenters. The normalized spacial score (nSPS) is 11.7. The van der Waals surface area contributed by atoms with Crippen LogP contribution in [0.3, 0.4) is 0 Å². The summed E-state index contributed by atoms with van der Waals surface area (Å²) in [6, 6.07) is 9.23. The lowest BCUT2D eigenvalue weighted by atomic mass is 10.2. The van der Waals surface area contributed by atoms with Crippen LogP contribution in [0.2, 0.25) is 16.6 Å². The second-order valence-electron chi connectivity index (χ2n) is 7.42.